The van der Waals surface area contributed by atoms with Crippen molar-refractivity contribution in [2.24, 2.45) is 23.7 Å². The highest BCUT2D eigenvalue weighted by molar-refractivity contribution is 5.01. The van der Waals surface area contributed by atoms with Gasteiger partial charge in [0.2, 0.25) is 0 Å². The first-order chi connectivity index (χ1) is 7.36. The van der Waals surface area contributed by atoms with Crippen LogP contribution in [-0.4, -0.2) is 26.3 Å². The molecule has 3 fully saturated rings. The van der Waals surface area contributed by atoms with Crippen LogP contribution >= 0.6 is 0 Å². The predicted molar refractivity (Wildman–Crippen MR) is 60.7 cm³/mol. The molecule has 3 aliphatic carbocycles. The van der Waals surface area contributed by atoms with Crippen LogP contribution in [0.2, 0.25) is 0 Å². The van der Waals surface area contributed by atoms with Crippen molar-refractivity contribution in [2.75, 3.05) is 20.3 Å². The van der Waals surface area contributed by atoms with Crippen molar-refractivity contribution in [1.82, 2.24) is 5.32 Å². The molecule has 5 unspecified atom stereocenters. The van der Waals surface area contributed by atoms with Crippen LogP contribution in [0.15, 0.2) is 0 Å². The molecule has 3 rings (SSSR count). The fourth-order valence-electron chi connectivity index (χ4n) is 4.54. The molecule has 0 aromatic rings. The van der Waals surface area contributed by atoms with Gasteiger partial charge in [0.05, 0.1) is 6.61 Å². The standard InChI is InChI=1S/C13H23NO/c1-15-3-2-14-13-8-10-4-9-5-11(6-10)12(13)7-9/h9-14H,2-8H2,1H3. The molecule has 0 amide bonds. The van der Waals surface area contributed by atoms with E-state index in [9.17, 15) is 0 Å². The second-order valence-corrected chi connectivity index (χ2v) is 5.89. The summed E-state index contributed by atoms with van der Waals surface area (Å²) in [6, 6.07) is 0.816. The van der Waals surface area contributed by atoms with E-state index < -0.39 is 0 Å². The number of hydrogen-bond donors (Lipinski definition) is 1. The summed E-state index contributed by atoms with van der Waals surface area (Å²) in [7, 11) is 1.79. The molecule has 2 nitrogen and oxygen atoms in total. The number of nitrogens with one attached hydrogen (secondary N) is 1. The van der Waals surface area contributed by atoms with Crippen molar-refractivity contribution in [1.29, 1.82) is 0 Å². The van der Waals surface area contributed by atoms with Crippen LogP contribution < -0.4 is 5.32 Å². The molecule has 2 heteroatoms. The van der Waals surface area contributed by atoms with Gasteiger partial charge in [-0.2, -0.15) is 0 Å². The van der Waals surface area contributed by atoms with Gasteiger partial charge in [0, 0.05) is 19.7 Å². The normalized spacial score (nSPS) is 47.4. The molecule has 0 heterocycles. The molecule has 3 aliphatic rings. The van der Waals surface area contributed by atoms with E-state index in [2.05, 4.69) is 5.32 Å². The van der Waals surface area contributed by atoms with Crippen molar-refractivity contribution in [3.63, 3.8) is 0 Å². The molecule has 0 saturated heterocycles. The maximum absolute atomic E-state index is 5.12. The summed E-state index contributed by atoms with van der Waals surface area (Å²) in [6.45, 7) is 1.91. The topological polar surface area (TPSA) is 21.3 Å². The molecule has 86 valence electrons. The monoisotopic (exact) mass is 209 g/mol. The summed E-state index contributed by atoms with van der Waals surface area (Å²) in [4.78, 5) is 0. The van der Waals surface area contributed by atoms with Crippen LogP contribution in [0.4, 0.5) is 0 Å². The first-order valence-electron chi connectivity index (χ1n) is 6.59. The Morgan fingerprint density at radius 2 is 1.87 bits per heavy atom. The molecule has 3 bridgehead atoms. The minimum absolute atomic E-state index is 0.816. The van der Waals surface area contributed by atoms with E-state index in [1.165, 1.54) is 19.3 Å². The second kappa shape index (κ2) is 4.06. The maximum atomic E-state index is 5.12. The Kier molecular flexibility index (Phi) is 2.73. The summed E-state index contributed by atoms with van der Waals surface area (Å²) in [5, 5.41) is 3.73. The zero-order valence-electron chi connectivity index (χ0n) is 9.74. The van der Waals surface area contributed by atoms with Gasteiger partial charge in [-0.1, -0.05) is 0 Å². The van der Waals surface area contributed by atoms with E-state index in [0.717, 1.165) is 42.9 Å². The highest BCUT2D eigenvalue weighted by atomic mass is 16.5. The van der Waals surface area contributed by atoms with Gasteiger partial charge in [0.25, 0.3) is 0 Å². The van der Waals surface area contributed by atoms with E-state index in [1.807, 2.05) is 0 Å². The van der Waals surface area contributed by atoms with E-state index in [4.69, 9.17) is 4.74 Å². The van der Waals surface area contributed by atoms with Crippen molar-refractivity contribution in [3.05, 3.63) is 0 Å². The lowest BCUT2D eigenvalue weighted by atomic mass is 9.70. The third-order valence-corrected chi connectivity index (χ3v) is 4.97. The molecule has 15 heavy (non-hydrogen) atoms. The Balaban J connectivity index is 1.61. The molecular formula is C13H23NO. The van der Waals surface area contributed by atoms with Gasteiger partial charge in [0.1, 0.15) is 0 Å². The maximum Gasteiger partial charge on any atom is 0.0587 e. The molecule has 0 spiro atoms. The number of hydrogen-bond acceptors (Lipinski definition) is 2. The molecule has 0 aromatic carbocycles. The summed E-state index contributed by atoms with van der Waals surface area (Å²) < 4.78 is 5.12. The summed E-state index contributed by atoms with van der Waals surface area (Å²) >= 11 is 0. The Labute approximate surface area is 92.8 Å². The highest BCUT2D eigenvalue weighted by Gasteiger charge is 2.48. The predicted octanol–water partition coefficient (Wildman–Crippen LogP) is 2.05. The minimum atomic E-state index is 0.816. The van der Waals surface area contributed by atoms with Crippen molar-refractivity contribution < 1.29 is 4.74 Å². The van der Waals surface area contributed by atoms with Gasteiger partial charge >= 0.3 is 0 Å². The number of ether oxygens (including phenoxy) is 1. The molecule has 0 aromatic heterocycles. The van der Waals surface area contributed by atoms with E-state index in [-0.39, 0.29) is 0 Å². The van der Waals surface area contributed by atoms with Gasteiger partial charge in [0.15, 0.2) is 0 Å². The third-order valence-electron chi connectivity index (χ3n) is 4.97. The summed E-state index contributed by atoms with van der Waals surface area (Å²) in [6.07, 6.45) is 7.59. The second-order valence-electron chi connectivity index (χ2n) is 5.89. The first-order valence-corrected chi connectivity index (χ1v) is 6.59. The summed E-state index contributed by atoms with van der Waals surface area (Å²) in [5.41, 5.74) is 0. The van der Waals surface area contributed by atoms with Gasteiger partial charge in [-0.25, -0.2) is 0 Å². The number of rotatable bonds is 4. The van der Waals surface area contributed by atoms with Crippen LogP contribution in [-0.2, 0) is 4.74 Å². The number of methoxy groups -OCH3 is 1. The van der Waals surface area contributed by atoms with Crippen molar-refractivity contribution in [3.8, 4) is 0 Å². The van der Waals surface area contributed by atoms with Gasteiger partial charge in [-0.15, -0.1) is 0 Å². The van der Waals surface area contributed by atoms with Crippen molar-refractivity contribution >= 4 is 0 Å². The zero-order valence-corrected chi connectivity index (χ0v) is 9.74. The Morgan fingerprint density at radius 1 is 1.07 bits per heavy atom. The molecular weight excluding hydrogens is 186 g/mol. The lowest BCUT2D eigenvalue weighted by Gasteiger charge is -2.40. The fraction of sp³-hybridized carbons (Fsp3) is 1.00. The molecule has 3 saturated carbocycles. The largest absolute Gasteiger partial charge is 0.383 e. The third kappa shape index (κ3) is 1.83. The van der Waals surface area contributed by atoms with Crippen LogP contribution in [0.3, 0.4) is 0 Å². The fourth-order valence-corrected chi connectivity index (χ4v) is 4.54. The van der Waals surface area contributed by atoms with Crippen LogP contribution in [0.1, 0.15) is 32.1 Å². The zero-order chi connectivity index (χ0) is 10.3. The van der Waals surface area contributed by atoms with E-state index >= 15 is 0 Å². The van der Waals surface area contributed by atoms with Gasteiger partial charge < -0.3 is 10.1 Å². The Hall–Kier alpha value is -0.0800. The average molecular weight is 209 g/mol. The Bertz CT molecular complexity index is 229. The lowest BCUT2D eigenvalue weighted by Crippen LogP contribution is -2.44. The van der Waals surface area contributed by atoms with Crippen molar-refractivity contribution in [2.45, 2.75) is 38.1 Å². The molecule has 0 aliphatic heterocycles. The van der Waals surface area contributed by atoms with E-state index in [1.54, 1.807) is 20.0 Å². The van der Waals surface area contributed by atoms with E-state index in [0.29, 0.717) is 0 Å². The van der Waals surface area contributed by atoms with Gasteiger partial charge in [-0.3, -0.25) is 0 Å². The molecule has 1 N–H and O–H groups in total. The first kappa shape index (κ1) is 10.1. The number of fused-ring (bicyclic) bond motifs is 2. The quantitative estimate of drug-likeness (QED) is 0.716. The molecule has 5 atom stereocenters. The van der Waals surface area contributed by atoms with Gasteiger partial charge in [-0.05, 0) is 55.8 Å². The lowest BCUT2D eigenvalue weighted by molar-refractivity contribution is 0.127. The minimum Gasteiger partial charge on any atom is -0.383 e. The highest BCUT2D eigenvalue weighted by Crippen LogP contribution is 2.54. The smallest absolute Gasteiger partial charge is 0.0587 e. The average Bonchev–Trinajstić information content (AvgIpc) is 2.45. The van der Waals surface area contributed by atoms with Crippen LogP contribution in [0.5, 0.6) is 0 Å². The summed E-state index contributed by atoms with van der Waals surface area (Å²) in [5.74, 6) is 4.22. The van der Waals surface area contributed by atoms with Crippen LogP contribution in [0, 0.1) is 23.7 Å². The SMILES string of the molecule is COCCNC1CC2CC3CC(C2)C1C3. The van der Waals surface area contributed by atoms with Crippen LogP contribution in [0.25, 0.3) is 0 Å². The molecule has 0 radical (unpaired) electrons. The Morgan fingerprint density at radius 3 is 2.67 bits per heavy atom.